The van der Waals surface area contributed by atoms with E-state index in [1.807, 2.05) is 11.8 Å². The number of thioether (sulfide) groups is 1. The third-order valence-corrected chi connectivity index (χ3v) is 5.00. The molecule has 1 heterocycles. The lowest BCUT2D eigenvalue weighted by atomic mass is 9.80. The first-order valence-electron chi connectivity index (χ1n) is 6.18. The standard InChI is InChI=1S/C12H24N2S2/c1-3-16-10-4-7-14-8-5-12(2,6-9-14)11(13)15/h3-10H2,1-2H3,(H2,13,15). The summed E-state index contributed by atoms with van der Waals surface area (Å²) in [7, 11) is 0. The van der Waals surface area contributed by atoms with Crippen molar-refractivity contribution in [3.63, 3.8) is 0 Å². The topological polar surface area (TPSA) is 29.3 Å². The van der Waals surface area contributed by atoms with Crippen LogP contribution in [-0.4, -0.2) is 41.0 Å². The minimum Gasteiger partial charge on any atom is -0.393 e. The molecule has 2 N–H and O–H groups in total. The zero-order valence-corrected chi connectivity index (χ0v) is 12.1. The van der Waals surface area contributed by atoms with E-state index in [0.717, 1.165) is 25.9 Å². The van der Waals surface area contributed by atoms with Gasteiger partial charge in [0.05, 0.1) is 4.99 Å². The van der Waals surface area contributed by atoms with Crippen LogP contribution in [-0.2, 0) is 0 Å². The SMILES string of the molecule is CCSCCCN1CCC(C)(C(N)=S)CC1. The summed E-state index contributed by atoms with van der Waals surface area (Å²) in [5.41, 5.74) is 5.91. The van der Waals surface area contributed by atoms with Gasteiger partial charge in [-0.05, 0) is 50.4 Å². The molecule has 94 valence electrons. The molecule has 0 aromatic heterocycles. The van der Waals surface area contributed by atoms with Crippen LogP contribution >= 0.6 is 24.0 Å². The van der Waals surface area contributed by atoms with Crippen molar-refractivity contribution in [3.8, 4) is 0 Å². The number of thiocarbonyl (C=S) groups is 1. The second-order valence-electron chi connectivity index (χ2n) is 4.82. The smallest absolute Gasteiger partial charge is 0.0788 e. The first-order valence-corrected chi connectivity index (χ1v) is 7.75. The summed E-state index contributed by atoms with van der Waals surface area (Å²) >= 11 is 7.18. The van der Waals surface area contributed by atoms with Gasteiger partial charge in [-0.1, -0.05) is 26.1 Å². The fourth-order valence-corrected chi connectivity index (χ4v) is 2.88. The van der Waals surface area contributed by atoms with Crippen molar-refractivity contribution in [1.29, 1.82) is 0 Å². The molecule has 0 spiro atoms. The zero-order chi connectivity index (χ0) is 12.0. The summed E-state index contributed by atoms with van der Waals surface area (Å²) < 4.78 is 0. The van der Waals surface area contributed by atoms with Crippen LogP contribution < -0.4 is 5.73 Å². The molecule has 0 aromatic carbocycles. The van der Waals surface area contributed by atoms with Crippen molar-refractivity contribution in [3.05, 3.63) is 0 Å². The van der Waals surface area contributed by atoms with Crippen molar-refractivity contribution in [1.82, 2.24) is 4.90 Å². The van der Waals surface area contributed by atoms with E-state index in [-0.39, 0.29) is 5.41 Å². The van der Waals surface area contributed by atoms with E-state index >= 15 is 0 Å². The molecular formula is C12H24N2S2. The van der Waals surface area contributed by atoms with Crippen LogP contribution in [0.15, 0.2) is 0 Å². The van der Waals surface area contributed by atoms with Crippen LogP contribution in [0.1, 0.15) is 33.1 Å². The molecule has 16 heavy (non-hydrogen) atoms. The fourth-order valence-electron chi connectivity index (χ4n) is 2.05. The molecule has 1 fully saturated rings. The van der Waals surface area contributed by atoms with Gasteiger partial charge in [-0.3, -0.25) is 0 Å². The molecule has 1 saturated heterocycles. The Morgan fingerprint density at radius 1 is 1.44 bits per heavy atom. The lowest BCUT2D eigenvalue weighted by Gasteiger charge is -2.38. The van der Waals surface area contributed by atoms with Gasteiger partial charge in [0, 0.05) is 5.41 Å². The normalized spacial score (nSPS) is 20.9. The monoisotopic (exact) mass is 260 g/mol. The summed E-state index contributed by atoms with van der Waals surface area (Å²) in [5.74, 6) is 2.53. The highest BCUT2D eigenvalue weighted by molar-refractivity contribution is 7.99. The van der Waals surface area contributed by atoms with Gasteiger partial charge < -0.3 is 10.6 Å². The number of hydrogen-bond acceptors (Lipinski definition) is 3. The Hall–Kier alpha value is 0.200. The Balaban J connectivity index is 2.19. The van der Waals surface area contributed by atoms with Gasteiger partial charge in [-0.15, -0.1) is 0 Å². The molecule has 0 unspecified atom stereocenters. The number of piperidine rings is 1. The number of likely N-dealkylation sites (tertiary alicyclic amines) is 1. The van der Waals surface area contributed by atoms with E-state index in [9.17, 15) is 0 Å². The molecule has 4 heteroatoms. The maximum absolute atomic E-state index is 5.80. The number of nitrogens with two attached hydrogens (primary N) is 1. The quantitative estimate of drug-likeness (QED) is 0.587. The van der Waals surface area contributed by atoms with Crippen molar-refractivity contribution < 1.29 is 0 Å². The van der Waals surface area contributed by atoms with Crippen LogP contribution in [0.25, 0.3) is 0 Å². The Morgan fingerprint density at radius 3 is 2.56 bits per heavy atom. The fraction of sp³-hybridized carbons (Fsp3) is 0.917. The van der Waals surface area contributed by atoms with Crippen molar-refractivity contribution in [2.75, 3.05) is 31.1 Å². The molecule has 2 nitrogen and oxygen atoms in total. The molecule has 1 rings (SSSR count). The molecule has 0 aliphatic carbocycles. The Kier molecular flexibility index (Phi) is 6.08. The molecule has 1 aliphatic heterocycles. The molecule has 0 aromatic rings. The van der Waals surface area contributed by atoms with Crippen LogP contribution in [0, 0.1) is 5.41 Å². The van der Waals surface area contributed by atoms with Crippen LogP contribution in [0.3, 0.4) is 0 Å². The Labute approximate surface area is 109 Å². The van der Waals surface area contributed by atoms with E-state index < -0.39 is 0 Å². The molecule has 0 atom stereocenters. The van der Waals surface area contributed by atoms with E-state index in [1.54, 1.807) is 0 Å². The van der Waals surface area contributed by atoms with Gasteiger partial charge in [0.2, 0.25) is 0 Å². The number of rotatable bonds is 6. The van der Waals surface area contributed by atoms with Crippen LogP contribution in [0.2, 0.25) is 0 Å². The first kappa shape index (κ1) is 14.3. The van der Waals surface area contributed by atoms with Crippen LogP contribution in [0.4, 0.5) is 0 Å². The molecule has 1 aliphatic rings. The molecule has 0 saturated carbocycles. The maximum atomic E-state index is 5.80. The summed E-state index contributed by atoms with van der Waals surface area (Å²) in [4.78, 5) is 3.25. The highest BCUT2D eigenvalue weighted by Crippen LogP contribution is 2.31. The summed E-state index contributed by atoms with van der Waals surface area (Å²) in [5, 5.41) is 0. The highest BCUT2D eigenvalue weighted by Gasteiger charge is 2.32. The van der Waals surface area contributed by atoms with E-state index in [4.69, 9.17) is 18.0 Å². The average Bonchev–Trinajstić information content (AvgIpc) is 2.27. The van der Waals surface area contributed by atoms with Gasteiger partial charge in [0.1, 0.15) is 0 Å². The van der Waals surface area contributed by atoms with Gasteiger partial charge in [-0.25, -0.2) is 0 Å². The minimum atomic E-state index is 0.115. The maximum Gasteiger partial charge on any atom is 0.0788 e. The molecule has 0 amide bonds. The molecule has 0 radical (unpaired) electrons. The van der Waals surface area contributed by atoms with E-state index in [0.29, 0.717) is 4.99 Å². The van der Waals surface area contributed by atoms with E-state index in [1.165, 1.54) is 24.5 Å². The summed E-state index contributed by atoms with van der Waals surface area (Å²) in [6.07, 6.45) is 3.56. The lowest BCUT2D eigenvalue weighted by Crippen LogP contribution is -2.44. The van der Waals surface area contributed by atoms with Gasteiger partial charge >= 0.3 is 0 Å². The third kappa shape index (κ3) is 4.22. The summed E-state index contributed by atoms with van der Waals surface area (Å²) in [6.45, 7) is 7.98. The Morgan fingerprint density at radius 2 is 2.06 bits per heavy atom. The first-order chi connectivity index (χ1) is 7.58. The predicted octanol–water partition coefficient (Wildman–Crippen LogP) is 2.52. The van der Waals surface area contributed by atoms with Crippen molar-refractivity contribution in [2.45, 2.75) is 33.1 Å². The molecular weight excluding hydrogens is 236 g/mol. The average molecular weight is 260 g/mol. The second kappa shape index (κ2) is 6.82. The lowest BCUT2D eigenvalue weighted by molar-refractivity contribution is 0.165. The molecule has 0 bridgehead atoms. The third-order valence-electron chi connectivity index (χ3n) is 3.52. The predicted molar refractivity (Wildman–Crippen MR) is 78.2 cm³/mol. The van der Waals surface area contributed by atoms with Gasteiger partial charge in [0.15, 0.2) is 0 Å². The van der Waals surface area contributed by atoms with E-state index in [2.05, 4.69) is 18.7 Å². The zero-order valence-electron chi connectivity index (χ0n) is 10.5. The van der Waals surface area contributed by atoms with Gasteiger partial charge in [0.25, 0.3) is 0 Å². The Bertz CT molecular complexity index is 223. The number of hydrogen-bond donors (Lipinski definition) is 1. The van der Waals surface area contributed by atoms with Gasteiger partial charge in [-0.2, -0.15) is 11.8 Å². The summed E-state index contributed by atoms with van der Waals surface area (Å²) in [6, 6.07) is 0. The second-order valence-corrected chi connectivity index (χ2v) is 6.65. The van der Waals surface area contributed by atoms with Crippen LogP contribution in [0.5, 0.6) is 0 Å². The van der Waals surface area contributed by atoms with Crippen molar-refractivity contribution in [2.24, 2.45) is 11.1 Å². The van der Waals surface area contributed by atoms with Crippen molar-refractivity contribution >= 4 is 29.0 Å². The minimum absolute atomic E-state index is 0.115. The number of nitrogens with zero attached hydrogens (tertiary/aromatic N) is 1. The highest BCUT2D eigenvalue weighted by atomic mass is 32.2. The largest absolute Gasteiger partial charge is 0.393 e.